The first-order valence-electron chi connectivity index (χ1n) is 7.80. The van der Waals surface area contributed by atoms with E-state index in [-0.39, 0.29) is 22.4 Å². The van der Waals surface area contributed by atoms with Crippen molar-refractivity contribution < 1.29 is 13.2 Å². The second-order valence-electron chi connectivity index (χ2n) is 5.89. The van der Waals surface area contributed by atoms with Gasteiger partial charge in [0.1, 0.15) is 16.5 Å². The van der Waals surface area contributed by atoms with E-state index in [0.29, 0.717) is 36.7 Å². The summed E-state index contributed by atoms with van der Waals surface area (Å²) in [5.41, 5.74) is -0.266. The van der Waals surface area contributed by atoms with E-state index in [9.17, 15) is 13.2 Å². The number of benzene rings is 1. The Kier molecular flexibility index (Phi) is 4.90. The van der Waals surface area contributed by atoms with Crippen LogP contribution in [-0.2, 0) is 23.0 Å². The highest BCUT2D eigenvalue weighted by Crippen LogP contribution is 2.31. The first-order chi connectivity index (χ1) is 11.8. The molecule has 0 aliphatic carbocycles. The average Bonchev–Trinajstić information content (AvgIpc) is 2.81. The van der Waals surface area contributed by atoms with E-state index < -0.39 is 10.0 Å². The Balaban J connectivity index is 1.89. The molecule has 10 heteroatoms. The monoisotopic (exact) mass is 386 g/mol. The number of fused-ring (bicyclic) bond motifs is 1. The lowest BCUT2D eigenvalue weighted by Crippen LogP contribution is -2.37. The summed E-state index contributed by atoms with van der Waals surface area (Å²) in [6.45, 7) is 0.419. The summed E-state index contributed by atoms with van der Waals surface area (Å²) >= 11 is 5.97. The van der Waals surface area contributed by atoms with Crippen LogP contribution in [0.1, 0.15) is 18.7 Å². The Bertz CT molecular complexity index is 937. The fourth-order valence-electron chi connectivity index (χ4n) is 3.06. The van der Waals surface area contributed by atoms with Crippen molar-refractivity contribution in [2.75, 3.05) is 14.2 Å². The molecule has 25 heavy (non-hydrogen) atoms. The third kappa shape index (κ3) is 3.31. The molecule has 0 spiro atoms. The Hall–Kier alpha value is -1.84. The topological polar surface area (TPSA) is 97.3 Å². The van der Waals surface area contributed by atoms with E-state index in [0.717, 1.165) is 0 Å². The predicted octanol–water partition coefficient (Wildman–Crippen LogP) is 1.26. The smallest absolute Gasteiger partial charge is 0.343 e. The molecule has 1 atom stereocenters. The van der Waals surface area contributed by atoms with Crippen LogP contribution in [0, 0.1) is 0 Å². The zero-order valence-corrected chi connectivity index (χ0v) is 15.5. The van der Waals surface area contributed by atoms with Crippen molar-refractivity contribution in [2.45, 2.75) is 36.7 Å². The maximum absolute atomic E-state index is 13.1. The van der Waals surface area contributed by atoms with Crippen LogP contribution in [0.3, 0.4) is 0 Å². The first-order valence-corrected chi connectivity index (χ1v) is 9.62. The van der Waals surface area contributed by atoms with Gasteiger partial charge in [0.2, 0.25) is 10.0 Å². The Labute approximate surface area is 150 Å². The molecule has 2 heterocycles. The molecule has 1 aromatic carbocycles. The summed E-state index contributed by atoms with van der Waals surface area (Å²) in [4.78, 5) is 11.7. The van der Waals surface area contributed by atoms with E-state index in [2.05, 4.69) is 10.2 Å². The van der Waals surface area contributed by atoms with Gasteiger partial charge < -0.3 is 4.74 Å². The third-order valence-electron chi connectivity index (χ3n) is 4.52. The molecular formula is C15H19ClN4O4S. The minimum Gasteiger partial charge on any atom is -0.495 e. The predicted molar refractivity (Wildman–Crippen MR) is 92.5 cm³/mol. The van der Waals surface area contributed by atoms with Crippen molar-refractivity contribution in [3.63, 3.8) is 0 Å². The quantitative estimate of drug-likeness (QED) is 0.853. The third-order valence-corrected chi connectivity index (χ3v) is 6.69. The van der Waals surface area contributed by atoms with Gasteiger partial charge in [-0.3, -0.25) is 4.57 Å². The summed E-state index contributed by atoms with van der Waals surface area (Å²) in [6, 6.07) is 4.25. The molecule has 2 aromatic rings. The van der Waals surface area contributed by atoms with Crippen molar-refractivity contribution >= 4 is 21.6 Å². The number of methoxy groups -OCH3 is 1. The number of aromatic nitrogens is 3. The Morgan fingerprint density at radius 2 is 2.16 bits per heavy atom. The number of ether oxygens (including phenoxy) is 1. The number of hydrogen-bond donors (Lipinski definition) is 1. The van der Waals surface area contributed by atoms with Crippen LogP contribution in [0.5, 0.6) is 5.75 Å². The molecule has 0 saturated carbocycles. The molecular weight excluding hydrogens is 368 g/mol. The van der Waals surface area contributed by atoms with Crippen molar-refractivity contribution in [1.29, 1.82) is 0 Å². The number of aromatic amines is 1. The van der Waals surface area contributed by atoms with Crippen LogP contribution in [0.25, 0.3) is 0 Å². The molecule has 1 unspecified atom stereocenters. The fourth-order valence-corrected chi connectivity index (χ4v) is 4.89. The molecule has 0 amide bonds. The summed E-state index contributed by atoms with van der Waals surface area (Å²) in [6.07, 6.45) is 1.61. The van der Waals surface area contributed by atoms with Gasteiger partial charge in [0.15, 0.2) is 0 Å². The number of aryl methyl sites for hydroxylation is 1. The second kappa shape index (κ2) is 6.81. The lowest BCUT2D eigenvalue weighted by molar-refractivity contribution is 0.327. The van der Waals surface area contributed by atoms with Crippen molar-refractivity contribution in [3.8, 4) is 5.75 Å². The van der Waals surface area contributed by atoms with E-state index in [4.69, 9.17) is 16.3 Å². The summed E-state index contributed by atoms with van der Waals surface area (Å²) in [7, 11) is -0.836. The van der Waals surface area contributed by atoms with Crippen LogP contribution >= 0.6 is 11.6 Å². The zero-order valence-electron chi connectivity index (χ0n) is 13.9. The van der Waals surface area contributed by atoms with Crippen LogP contribution in [-0.4, -0.2) is 47.7 Å². The largest absolute Gasteiger partial charge is 0.495 e. The number of nitrogens with zero attached hydrogens (tertiary/aromatic N) is 3. The van der Waals surface area contributed by atoms with Crippen molar-refractivity contribution in [2.24, 2.45) is 0 Å². The number of halogens is 1. The van der Waals surface area contributed by atoms with Gasteiger partial charge in [-0.15, -0.1) is 0 Å². The SMILES string of the molecule is COc1ccc(Cl)cc1S(=O)(=O)N(C)C1CCc2n[nH]c(=O)n2CC1. The van der Waals surface area contributed by atoms with Crippen molar-refractivity contribution in [1.82, 2.24) is 19.1 Å². The van der Waals surface area contributed by atoms with Crippen LogP contribution in [0.15, 0.2) is 27.9 Å². The fraction of sp³-hybridized carbons (Fsp3) is 0.467. The summed E-state index contributed by atoms with van der Waals surface area (Å²) in [5.74, 6) is 0.896. The average molecular weight is 387 g/mol. The number of rotatable bonds is 4. The van der Waals surface area contributed by atoms with Gasteiger partial charge in [0.25, 0.3) is 0 Å². The Morgan fingerprint density at radius 1 is 1.40 bits per heavy atom. The maximum atomic E-state index is 13.1. The molecule has 0 radical (unpaired) electrons. The normalized spacial score (nSPS) is 18.0. The Morgan fingerprint density at radius 3 is 2.88 bits per heavy atom. The maximum Gasteiger partial charge on any atom is 0.343 e. The van der Waals surface area contributed by atoms with Gasteiger partial charge in [-0.05, 0) is 31.0 Å². The number of nitrogens with one attached hydrogen (secondary N) is 1. The van der Waals surface area contributed by atoms with Crippen molar-refractivity contribution in [3.05, 3.63) is 39.5 Å². The molecule has 0 fully saturated rings. The van der Waals surface area contributed by atoms with E-state index >= 15 is 0 Å². The molecule has 1 N–H and O–H groups in total. The zero-order chi connectivity index (χ0) is 18.2. The molecule has 8 nitrogen and oxygen atoms in total. The van der Waals surface area contributed by atoms with E-state index in [1.807, 2.05) is 0 Å². The van der Waals surface area contributed by atoms with Crippen LogP contribution < -0.4 is 10.4 Å². The highest BCUT2D eigenvalue weighted by molar-refractivity contribution is 7.89. The minimum absolute atomic E-state index is 0.0323. The second-order valence-corrected chi connectivity index (χ2v) is 8.30. The number of H-pyrrole nitrogens is 1. The molecule has 0 saturated heterocycles. The number of sulfonamides is 1. The van der Waals surface area contributed by atoms with Crippen LogP contribution in [0.4, 0.5) is 0 Å². The van der Waals surface area contributed by atoms with Crippen LogP contribution in [0.2, 0.25) is 5.02 Å². The minimum atomic E-state index is -3.79. The molecule has 1 aliphatic heterocycles. The lowest BCUT2D eigenvalue weighted by Gasteiger charge is -2.27. The van der Waals surface area contributed by atoms with E-state index in [1.165, 1.54) is 23.5 Å². The van der Waals surface area contributed by atoms with E-state index in [1.54, 1.807) is 17.7 Å². The van der Waals surface area contributed by atoms with Gasteiger partial charge >= 0.3 is 5.69 Å². The summed E-state index contributed by atoms with van der Waals surface area (Å²) < 4.78 is 34.2. The molecule has 1 aliphatic rings. The van der Waals surface area contributed by atoms with Gasteiger partial charge in [-0.2, -0.15) is 9.40 Å². The molecule has 0 bridgehead atoms. The standard InChI is InChI=1S/C15H19ClN4O4S/c1-19(11-4-6-14-17-18-15(21)20(14)8-7-11)25(22,23)13-9-10(16)3-5-12(13)24-2/h3,5,9,11H,4,6-8H2,1-2H3,(H,18,21). The number of hydrogen-bond acceptors (Lipinski definition) is 5. The van der Waals surface area contributed by atoms with Gasteiger partial charge in [0, 0.05) is 31.1 Å². The molecule has 1 aromatic heterocycles. The molecule has 3 rings (SSSR count). The van der Waals surface area contributed by atoms with Gasteiger partial charge in [-0.25, -0.2) is 18.3 Å². The van der Waals surface area contributed by atoms with Gasteiger partial charge in [0.05, 0.1) is 7.11 Å². The molecule has 136 valence electrons. The lowest BCUT2D eigenvalue weighted by atomic mass is 10.1. The van der Waals surface area contributed by atoms with Gasteiger partial charge in [-0.1, -0.05) is 11.6 Å². The highest BCUT2D eigenvalue weighted by atomic mass is 35.5. The first kappa shape index (κ1) is 18.0. The summed E-state index contributed by atoms with van der Waals surface area (Å²) in [5, 5.41) is 6.73. The highest BCUT2D eigenvalue weighted by Gasteiger charge is 2.32.